The molecule has 1 atom stereocenters. The first kappa shape index (κ1) is 16.5. The molecule has 0 aliphatic heterocycles. The number of rotatable bonds is 3. The average Bonchev–Trinajstić information content (AvgIpc) is 2.54. The largest absolute Gasteiger partial charge is 0.399 e. The Balaban J connectivity index is 1.83. The first-order valence-electron chi connectivity index (χ1n) is 8.33. The lowest BCUT2D eigenvalue weighted by Gasteiger charge is -2.31. The highest BCUT2D eigenvalue weighted by molar-refractivity contribution is 5.87. The Morgan fingerprint density at radius 2 is 2.04 bits per heavy atom. The van der Waals surface area contributed by atoms with Gasteiger partial charge in [-0.1, -0.05) is 18.2 Å². The van der Waals surface area contributed by atoms with Gasteiger partial charge in [0.05, 0.1) is 11.5 Å². The molecule has 1 amide bonds. The van der Waals surface area contributed by atoms with Gasteiger partial charge in [-0.3, -0.25) is 4.79 Å². The van der Waals surface area contributed by atoms with E-state index in [0.717, 1.165) is 30.5 Å². The summed E-state index contributed by atoms with van der Waals surface area (Å²) in [6.45, 7) is 3.65. The summed E-state index contributed by atoms with van der Waals surface area (Å²) in [7, 11) is 0. The van der Waals surface area contributed by atoms with Crippen LogP contribution in [-0.4, -0.2) is 5.91 Å². The van der Waals surface area contributed by atoms with Gasteiger partial charge >= 0.3 is 0 Å². The van der Waals surface area contributed by atoms with Gasteiger partial charge in [0.25, 0.3) is 0 Å². The van der Waals surface area contributed by atoms with Crippen LogP contribution in [0, 0.1) is 5.82 Å². The van der Waals surface area contributed by atoms with Crippen molar-refractivity contribution in [1.29, 1.82) is 0 Å². The monoisotopic (exact) mass is 326 g/mol. The van der Waals surface area contributed by atoms with Crippen molar-refractivity contribution in [2.45, 2.75) is 44.6 Å². The normalized spacial score (nSPS) is 17.2. The second-order valence-electron chi connectivity index (χ2n) is 7.01. The lowest BCUT2D eigenvalue weighted by molar-refractivity contribution is -0.126. The number of carbonyl (C=O) groups is 1. The van der Waals surface area contributed by atoms with Gasteiger partial charge in [0.2, 0.25) is 5.91 Å². The number of halogens is 1. The predicted molar refractivity (Wildman–Crippen MR) is 94.1 cm³/mol. The zero-order chi connectivity index (χ0) is 17.3. The second kappa shape index (κ2) is 6.27. The molecule has 0 heterocycles. The maximum absolute atomic E-state index is 13.5. The molecule has 3 N–H and O–H groups in total. The van der Waals surface area contributed by atoms with E-state index in [1.165, 1.54) is 17.7 Å². The van der Waals surface area contributed by atoms with Gasteiger partial charge in [0.15, 0.2) is 0 Å². The Bertz CT molecular complexity index is 770. The standard InChI is InChI=1S/C20H23FN2O/c1-20(2,14-6-4-7-15(21)12-14)19(24)23-18-8-3-5-13-11-16(22)9-10-17(13)18/h4,6-7,9-12,18H,3,5,8,22H2,1-2H3,(H,23,24). The molecule has 126 valence electrons. The molecule has 0 aromatic heterocycles. The minimum absolute atomic E-state index is 0.0188. The summed E-state index contributed by atoms with van der Waals surface area (Å²) in [5.74, 6) is -0.422. The van der Waals surface area contributed by atoms with E-state index < -0.39 is 5.41 Å². The van der Waals surface area contributed by atoms with Crippen molar-refractivity contribution < 1.29 is 9.18 Å². The number of benzene rings is 2. The van der Waals surface area contributed by atoms with E-state index in [1.54, 1.807) is 12.1 Å². The lowest BCUT2D eigenvalue weighted by Crippen LogP contribution is -2.42. The topological polar surface area (TPSA) is 55.1 Å². The molecule has 0 saturated carbocycles. The van der Waals surface area contributed by atoms with Gasteiger partial charge in [-0.2, -0.15) is 0 Å². The van der Waals surface area contributed by atoms with Crippen LogP contribution in [0.5, 0.6) is 0 Å². The van der Waals surface area contributed by atoms with E-state index in [0.29, 0.717) is 5.56 Å². The van der Waals surface area contributed by atoms with Gasteiger partial charge in [-0.15, -0.1) is 0 Å². The third-order valence-corrected chi connectivity index (χ3v) is 4.90. The second-order valence-corrected chi connectivity index (χ2v) is 7.01. The van der Waals surface area contributed by atoms with Crippen molar-refractivity contribution in [3.05, 3.63) is 65.0 Å². The number of anilines is 1. The van der Waals surface area contributed by atoms with Gasteiger partial charge in [-0.25, -0.2) is 4.39 Å². The lowest BCUT2D eigenvalue weighted by atomic mass is 9.82. The van der Waals surface area contributed by atoms with Crippen LogP contribution in [0.25, 0.3) is 0 Å². The fraction of sp³-hybridized carbons (Fsp3) is 0.350. The van der Waals surface area contributed by atoms with Crippen LogP contribution in [-0.2, 0) is 16.6 Å². The van der Waals surface area contributed by atoms with Crippen molar-refractivity contribution >= 4 is 11.6 Å². The van der Waals surface area contributed by atoms with Crippen molar-refractivity contribution in [1.82, 2.24) is 5.32 Å². The third-order valence-electron chi connectivity index (χ3n) is 4.90. The maximum atomic E-state index is 13.5. The molecule has 2 aromatic carbocycles. The summed E-state index contributed by atoms with van der Waals surface area (Å²) in [6, 6.07) is 12.1. The molecule has 24 heavy (non-hydrogen) atoms. The maximum Gasteiger partial charge on any atom is 0.230 e. The molecular weight excluding hydrogens is 303 g/mol. The van der Waals surface area contributed by atoms with Crippen LogP contribution in [0.15, 0.2) is 42.5 Å². The Labute approximate surface area is 142 Å². The Kier molecular flexibility index (Phi) is 4.31. The Morgan fingerprint density at radius 1 is 1.25 bits per heavy atom. The molecule has 0 spiro atoms. The fourth-order valence-corrected chi connectivity index (χ4v) is 3.33. The highest BCUT2D eigenvalue weighted by atomic mass is 19.1. The van der Waals surface area contributed by atoms with Crippen LogP contribution in [0.2, 0.25) is 0 Å². The van der Waals surface area contributed by atoms with E-state index in [-0.39, 0.29) is 17.8 Å². The van der Waals surface area contributed by atoms with E-state index >= 15 is 0 Å². The molecule has 0 bridgehead atoms. The van der Waals surface area contributed by atoms with Crippen LogP contribution in [0.4, 0.5) is 10.1 Å². The number of fused-ring (bicyclic) bond motifs is 1. The fourth-order valence-electron chi connectivity index (χ4n) is 3.33. The number of hydrogen-bond acceptors (Lipinski definition) is 2. The zero-order valence-electron chi connectivity index (χ0n) is 14.1. The van der Waals surface area contributed by atoms with Crippen LogP contribution in [0.1, 0.15) is 49.4 Å². The van der Waals surface area contributed by atoms with Crippen molar-refractivity contribution in [2.75, 3.05) is 5.73 Å². The average molecular weight is 326 g/mol. The number of nitrogens with one attached hydrogen (secondary N) is 1. The molecule has 0 saturated heterocycles. The number of nitrogens with two attached hydrogens (primary N) is 1. The summed E-state index contributed by atoms with van der Waals surface area (Å²) in [6.07, 6.45) is 2.91. The molecule has 1 unspecified atom stereocenters. The minimum atomic E-state index is -0.798. The molecule has 2 aromatic rings. The summed E-state index contributed by atoms with van der Waals surface area (Å²) >= 11 is 0. The van der Waals surface area contributed by atoms with Crippen molar-refractivity contribution in [2.24, 2.45) is 0 Å². The number of carbonyl (C=O) groups excluding carboxylic acids is 1. The Morgan fingerprint density at radius 3 is 2.79 bits per heavy atom. The van der Waals surface area contributed by atoms with Crippen molar-refractivity contribution in [3.63, 3.8) is 0 Å². The van der Waals surface area contributed by atoms with E-state index in [2.05, 4.69) is 5.32 Å². The molecule has 1 aliphatic carbocycles. The highest BCUT2D eigenvalue weighted by Crippen LogP contribution is 2.32. The van der Waals surface area contributed by atoms with Crippen LogP contribution in [0.3, 0.4) is 0 Å². The van der Waals surface area contributed by atoms with E-state index in [4.69, 9.17) is 5.73 Å². The van der Waals surface area contributed by atoms with Crippen LogP contribution < -0.4 is 11.1 Å². The molecule has 3 nitrogen and oxygen atoms in total. The molecule has 4 heteroatoms. The smallest absolute Gasteiger partial charge is 0.230 e. The highest BCUT2D eigenvalue weighted by Gasteiger charge is 2.33. The van der Waals surface area contributed by atoms with E-state index in [1.807, 2.05) is 32.0 Å². The predicted octanol–water partition coefficient (Wildman–Crippen LogP) is 3.88. The summed E-state index contributed by atoms with van der Waals surface area (Å²) in [5, 5.41) is 3.15. The van der Waals surface area contributed by atoms with Gasteiger partial charge in [0.1, 0.15) is 5.82 Å². The first-order chi connectivity index (χ1) is 11.4. The molecule has 0 fully saturated rings. The number of aryl methyl sites for hydroxylation is 1. The van der Waals surface area contributed by atoms with Crippen molar-refractivity contribution in [3.8, 4) is 0 Å². The molecule has 1 aliphatic rings. The molecule has 3 rings (SSSR count). The van der Waals surface area contributed by atoms with Gasteiger partial charge in [-0.05, 0) is 74.1 Å². The van der Waals surface area contributed by atoms with Crippen LogP contribution >= 0.6 is 0 Å². The number of hydrogen-bond donors (Lipinski definition) is 2. The number of nitrogen functional groups attached to an aromatic ring is 1. The molecular formula is C20H23FN2O. The number of amides is 1. The first-order valence-corrected chi connectivity index (χ1v) is 8.33. The van der Waals surface area contributed by atoms with Gasteiger partial charge in [0, 0.05) is 5.69 Å². The quantitative estimate of drug-likeness (QED) is 0.841. The summed E-state index contributed by atoms with van der Waals surface area (Å²) in [4.78, 5) is 12.9. The minimum Gasteiger partial charge on any atom is -0.399 e. The Hall–Kier alpha value is -2.36. The zero-order valence-corrected chi connectivity index (χ0v) is 14.1. The molecule has 0 radical (unpaired) electrons. The van der Waals surface area contributed by atoms with Gasteiger partial charge < -0.3 is 11.1 Å². The van der Waals surface area contributed by atoms with E-state index in [9.17, 15) is 9.18 Å². The third kappa shape index (κ3) is 3.14. The SMILES string of the molecule is CC(C)(C(=O)NC1CCCc2cc(N)ccc21)c1cccc(F)c1. The summed E-state index contributed by atoms with van der Waals surface area (Å²) in [5.41, 5.74) is 8.83. The summed E-state index contributed by atoms with van der Waals surface area (Å²) < 4.78 is 13.5.